The van der Waals surface area contributed by atoms with Gasteiger partial charge in [-0.05, 0) is 12.1 Å². The van der Waals surface area contributed by atoms with Crippen molar-refractivity contribution in [3.63, 3.8) is 0 Å². The Labute approximate surface area is 109 Å². The molecule has 7 heteroatoms. The van der Waals surface area contributed by atoms with Crippen molar-refractivity contribution in [2.45, 2.75) is 0 Å². The highest BCUT2D eigenvalue weighted by atomic mass is 16.5. The molecule has 0 aliphatic heterocycles. The molecule has 7 nitrogen and oxygen atoms in total. The Morgan fingerprint density at radius 3 is 3.11 bits per heavy atom. The molecule has 1 heterocycles. The van der Waals surface area contributed by atoms with E-state index in [-0.39, 0.29) is 6.61 Å². The number of ether oxygens (including phenoxy) is 2. The van der Waals surface area contributed by atoms with Gasteiger partial charge in [0.25, 0.3) is 0 Å². The number of hydrogen-bond donors (Lipinski definition) is 0. The zero-order valence-corrected chi connectivity index (χ0v) is 10.2. The van der Waals surface area contributed by atoms with Gasteiger partial charge >= 0.3 is 0 Å². The lowest BCUT2D eigenvalue weighted by atomic mass is 10.2. The molecule has 1 aromatic heterocycles. The normalized spacial score (nSPS) is 10.3. The van der Waals surface area contributed by atoms with E-state index in [0.29, 0.717) is 17.1 Å². The minimum absolute atomic E-state index is 0.0649. The first-order valence-electron chi connectivity index (χ1n) is 5.41. The van der Waals surface area contributed by atoms with E-state index in [1.54, 1.807) is 24.4 Å². The largest absolute Gasteiger partial charge is 0.493 e. The smallest absolute Gasteiger partial charge is 0.174 e. The van der Waals surface area contributed by atoms with Gasteiger partial charge < -0.3 is 9.47 Å². The van der Waals surface area contributed by atoms with E-state index in [9.17, 15) is 0 Å². The van der Waals surface area contributed by atoms with Crippen LogP contribution >= 0.6 is 0 Å². The molecule has 0 saturated heterocycles. The molecule has 1 aromatic carbocycles. The predicted molar refractivity (Wildman–Crippen MR) is 67.1 cm³/mol. The molecule has 0 fully saturated rings. The van der Waals surface area contributed by atoms with Crippen molar-refractivity contribution in [3.05, 3.63) is 36.4 Å². The van der Waals surface area contributed by atoms with E-state index in [0.717, 1.165) is 0 Å². The number of benzene rings is 1. The van der Waals surface area contributed by atoms with Gasteiger partial charge in [0.1, 0.15) is 18.7 Å². The number of rotatable bonds is 5. The Bertz CT molecular complexity index is 601. The lowest BCUT2D eigenvalue weighted by molar-refractivity contribution is 0.329. The molecule has 0 saturated carbocycles. The SMILES string of the molecule is COc1cccc(C=Nn2cncn2)c1OCC#N. The Morgan fingerprint density at radius 2 is 2.42 bits per heavy atom. The average Bonchev–Trinajstić information content (AvgIpc) is 2.96. The van der Waals surface area contributed by atoms with Gasteiger partial charge in [0, 0.05) is 5.56 Å². The molecule has 0 bridgehead atoms. The molecule has 19 heavy (non-hydrogen) atoms. The first kappa shape index (κ1) is 12.6. The van der Waals surface area contributed by atoms with Crippen molar-refractivity contribution in [3.8, 4) is 17.6 Å². The second kappa shape index (κ2) is 6.16. The standard InChI is InChI=1S/C12H11N5O2/c1-18-11-4-2-3-10(12(11)19-6-5-13)7-15-17-9-14-8-16-17/h2-4,7-9H,6H2,1H3. The molecule has 0 N–H and O–H groups in total. The molecule has 96 valence electrons. The molecule has 0 spiro atoms. The van der Waals surface area contributed by atoms with Gasteiger partial charge in [-0.25, -0.2) is 4.98 Å². The van der Waals surface area contributed by atoms with Crippen LogP contribution in [0.3, 0.4) is 0 Å². The Hall–Kier alpha value is -2.88. The molecule has 0 aliphatic rings. The van der Waals surface area contributed by atoms with Gasteiger partial charge in [0.15, 0.2) is 18.1 Å². The summed E-state index contributed by atoms with van der Waals surface area (Å²) < 4.78 is 10.5. The van der Waals surface area contributed by atoms with Crippen LogP contribution in [0.25, 0.3) is 0 Å². The Kier molecular flexibility index (Phi) is 4.08. The highest BCUT2D eigenvalue weighted by Gasteiger charge is 2.08. The summed E-state index contributed by atoms with van der Waals surface area (Å²) in [6.45, 7) is -0.0649. The Balaban J connectivity index is 2.30. The van der Waals surface area contributed by atoms with Gasteiger partial charge in [-0.3, -0.25) is 0 Å². The molecule has 2 rings (SSSR count). The van der Waals surface area contributed by atoms with Crippen LogP contribution in [-0.2, 0) is 0 Å². The van der Waals surface area contributed by atoms with E-state index < -0.39 is 0 Å². The number of para-hydroxylation sites is 1. The number of aromatic nitrogens is 3. The van der Waals surface area contributed by atoms with E-state index in [4.69, 9.17) is 14.7 Å². The van der Waals surface area contributed by atoms with E-state index in [1.807, 2.05) is 6.07 Å². The van der Waals surface area contributed by atoms with E-state index in [1.165, 1.54) is 24.6 Å². The van der Waals surface area contributed by atoms with Gasteiger partial charge in [-0.2, -0.15) is 10.4 Å². The Morgan fingerprint density at radius 1 is 1.53 bits per heavy atom. The fraction of sp³-hybridized carbons (Fsp3) is 0.167. The summed E-state index contributed by atoms with van der Waals surface area (Å²) >= 11 is 0. The van der Waals surface area contributed by atoms with E-state index in [2.05, 4.69) is 15.2 Å². The lowest BCUT2D eigenvalue weighted by Gasteiger charge is -2.10. The van der Waals surface area contributed by atoms with Crippen LogP contribution in [0.4, 0.5) is 0 Å². The zero-order chi connectivity index (χ0) is 13.5. The van der Waals surface area contributed by atoms with Crippen LogP contribution in [-0.4, -0.2) is 34.8 Å². The third-order valence-corrected chi connectivity index (χ3v) is 2.23. The lowest BCUT2D eigenvalue weighted by Crippen LogP contribution is -2.01. The summed E-state index contributed by atoms with van der Waals surface area (Å²) in [7, 11) is 1.53. The van der Waals surface area contributed by atoms with Crippen LogP contribution in [0, 0.1) is 11.3 Å². The summed E-state index contributed by atoms with van der Waals surface area (Å²) in [5, 5.41) is 16.5. The molecule has 0 atom stereocenters. The van der Waals surface area contributed by atoms with E-state index >= 15 is 0 Å². The highest BCUT2D eigenvalue weighted by Crippen LogP contribution is 2.29. The molecule has 0 amide bonds. The maximum atomic E-state index is 8.59. The quantitative estimate of drug-likeness (QED) is 0.748. The second-order valence-electron chi connectivity index (χ2n) is 3.39. The number of methoxy groups -OCH3 is 1. The van der Waals surface area contributed by atoms with Gasteiger partial charge in [0.05, 0.1) is 13.3 Å². The first-order valence-corrected chi connectivity index (χ1v) is 5.41. The van der Waals surface area contributed by atoms with Crippen molar-refractivity contribution < 1.29 is 9.47 Å². The van der Waals surface area contributed by atoms with Crippen LogP contribution in [0.2, 0.25) is 0 Å². The van der Waals surface area contributed by atoms with Crippen LogP contribution < -0.4 is 9.47 Å². The summed E-state index contributed by atoms with van der Waals surface area (Å²) in [6, 6.07) is 7.27. The first-order chi connectivity index (χ1) is 9.35. The van der Waals surface area contributed by atoms with Crippen molar-refractivity contribution in [1.29, 1.82) is 5.26 Å². The average molecular weight is 257 g/mol. The predicted octanol–water partition coefficient (Wildman–Crippen LogP) is 1.07. The van der Waals surface area contributed by atoms with Gasteiger partial charge in [0.2, 0.25) is 0 Å². The van der Waals surface area contributed by atoms with Crippen molar-refractivity contribution >= 4 is 6.21 Å². The third kappa shape index (κ3) is 3.07. The topological polar surface area (TPSA) is 85.3 Å². The van der Waals surface area contributed by atoms with Crippen LogP contribution in [0.5, 0.6) is 11.5 Å². The summed E-state index contributed by atoms with van der Waals surface area (Å²) in [6.07, 6.45) is 4.41. The zero-order valence-electron chi connectivity index (χ0n) is 10.2. The molecule has 0 aliphatic carbocycles. The molecule has 0 unspecified atom stereocenters. The maximum Gasteiger partial charge on any atom is 0.174 e. The maximum absolute atomic E-state index is 8.59. The fourth-order valence-electron chi connectivity index (χ4n) is 1.44. The molecular formula is C12H11N5O2. The highest BCUT2D eigenvalue weighted by molar-refractivity contribution is 5.85. The monoisotopic (exact) mass is 257 g/mol. The van der Waals surface area contributed by atoms with Crippen LogP contribution in [0.15, 0.2) is 36.0 Å². The van der Waals surface area contributed by atoms with Crippen molar-refractivity contribution in [2.24, 2.45) is 5.10 Å². The van der Waals surface area contributed by atoms with Crippen LogP contribution in [0.1, 0.15) is 5.56 Å². The summed E-state index contributed by atoms with van der Waals surface area (Å²) in [5.74, 6) is 1.01. The van der Waals surface area contributed by atoms with Gasteiger partial charge in [-0.1, -0.05) is 6.07 Å². The minimum Gasteiger partial charge on any atom is -0.493 e. The fourth-order valence-corrected chi connectivity index (χ4v) is 1.44. The summed E-state index contributed by atoms with van der Waals surface area (Å²) in [4.78, 5) is 5.09. The van der Waals surface area contributed by atoms with Crippen molar-refractivity contribution in [2.75, 3.05) is 13.7 Å². The van der Waals surface area contributed by atoms with Crippen molar-refractivity contribution in [1.82, 2.24) is 14.9 Å². The second-order valence-corrected chi connectivity index (χ2v) is 3.39. The third-order valence-electron chi connectivity index (χ3n) is 2.23. The molecule has 0 radical (unpaired) electrons. The molecule has 2 aromatic rings. The summed E-state index contributed by atoms with van der Waals surface area (Å²) in [5.41, 5.74) is 0.685. The minimum atomic E-state index is -0.0649. The van der Waals surface area contributed by atoms with Gasteiger partial charge in [-0.15, -0.1) is 9.89 Å². The number of nitriles is 1. The number of hydrogen-bond acceptors (Lipinski definition) is 6. The number of nitrogens with zero attached hydrogens (tertiary/aromatic N) is 5. The molecular weight excluding hydrogens is 246 g/mol.